The van der Waals surface area contributed by atoms with Crippen molar-refractivity contribution in [2.75, 3.05) is 0 Å². The number of aromatic nitrogens is 3. The Balaban J connectivity index is 1.63. The van der Waals surface area contributed by atoms with E-state index in [-0.39, 0.29) is 0 Å². The summed E-state index contributed by atoms with van der Waals surface area (Å²) in [4.78, 5) is 4.71. The van der Waals surface area contributed by atoms with Gasteiger partial charge in [-0.15, -0.1) is 5.10 Å². The summed E-state index contributed by atoms with van der Waals surface area (Å²) in [6.45, 7) is 0.932. The van der Waals surface area contributed by atoms with Gasteiger partial charge in [-0.2, -0.15) is 0 Å². The normalized spacial score (nSPS) is 17.4. The van der Waals surface area contributed by atoms with Crippen LogP contribution in [0.2, 0.25) is 0 Å². The van der Waals surface area contributed by atoms with Crippen molar-refractivity contribution in [2.45, 2.75) is 23.4 Å². The quantitative estimate of drug-likeness (QED) is 0.710. The molecule has 0 saturated heterocycles. The molecule has 0 amide bonds. The molecule has 0 unspecified atom stereocenters. The summed E-state index contributed by atoms with van der Waals surface area (Å²) in [7, 11) is 0. The molecule has 21 heavy (non-hydrogen) atoms. The number of benzene rings is 2. The van der Waals surface area contributed by atoms with Gasteiger partial charge in [0, 0.05) is 17.4 Å². The van der Waals surface area contributed by atoms with Gasteiger partial charge in [0.25, 0.3) is 0 Å². The first-order chi connectivity index (χ1) is 10.4. The zero-order valence-corrected chi connectivity index (χ0v) is 12.3. The second kappa shape index (κ2) is 5.37. The van der Waals surface area contributed by atoms with E-state index in [0.717, 1.165) is 29.5 Å². The Hall–Kier alpha value is -2.07. The number of nitrogens with zero attached hydrogens (tertiary/aromatic N) is 3. The number of fused-ring (bicyclic) bond motifs is 1. The average Bonchev–Trinajstić information content (AvgIpc) is 2.99. The maximum absolute atomic E-state index is 4.71. The van der Waals surface area contributed by atoms with Gasteiger partial charge in [0.1, 0.15) is 0 Å². The van der Waals surface area contributed by atoms with Gasteiger partial charge in [0.15, 0.2) is 11.0 Å². The van der Waals surface area contributed by atoms with Crippen molar-refractivity contribution in [3.8, 4) is 11.4 Å². The maximum Gasteiger partial charge on any atom is 0.187 e. The Morgan fingerprint density at radius 1 is 0.952 bits per heavy atom. The lowest BCUT2D eigenvalue weighted by Crippen LogP contribution is -2.11. The molecule has 4 heteroatoms. The van der Waals surface area contributed by atoms with Gasteiger partial charge in [-0.25, -0.2) is 9.67 Å². The summed E-state index contributed by atoms with van der Waals surface area (Å²) in [6.07, 6.45) is 1.10. The molecule has 3 aromatic rings. The largest absolute Gasteiger partial charge is 0.240 e. The second-order valence-electron chi connectivity index (χ2n) is 5.11. The molecule has 0 aliphatic carbocycles. The monoisotopic (exact) mass is 293 g/mol. The summed E-state index contributed by atoms with van der Waals surface area (Å²) in [5, 5.41) is 6.13. The lowest BCUT2D eigenvalue weighted by atomic mass is 10.1. The first kappa shape index (κ1) is 12.7. The molecule has 1 aliphatic rings. The van der Waals surface area contributed by atoms with Crippen LogP contribution in [-0.2, 0) is 6.54 Å². The molecule has 2 heterocycles. The third kappa shape index (κ3) is 2.47. The highest BCUT2D eigenvalue weighted by Crippen LogP contribution is 2.41. The highest BCUT2D eigenvalue weighted by atomic mass is 32.2. The van der Waals surface area contributed by atoms with E-state index in [4.69, 9.17) is 4.98 Å². The van der Waals surface area contributed by atoms with Crippen molar-refractivity contribution < 1.29 is 0 Å². The van der Waals surface area contributed by atoms with Crippen LogP contribution >= 0.6 is 11.8 Å². The Bertz CT molecular complexity index is 737. The van der Waals surface area contributed by atoms with E-state index in [0.29, 0.717) is 5.25 Å². The summed E-state index contributed by atoms with van der Waals surface area (Å²) < 4.78 is 2.03. The highest BCUT2D eigenvalue weighted by Gasteiger charge is 2.24. The molecule has 3 nitrogen and oxygen atoms in total. The van der Waals surface area contributed by atoms with Gasteiger partial charge in [0.05, 0.1) is 0 Å². The molecule has 0 bridgehead atoms. The molecule has 0 fully saturated rings. The third-order valence-electron chi connectivity index (χ3n) is 3.69. The fourth-order valence-corrected chi connectivity index (χ4v) is 3.76. The van der Waals surface area contributed by atoms with Crippen LogP contribution in [0.25, 0.3) is 11.4 Å². The smallest absolute Gasteiger partial charge is 0.187 e. The molecule has 0 radical (unpaired) electrons. The van der Waals surface area contributed by atoms with Crippen LogP contribution in [0.4, 0.5) is 0 Å². The van der Waals surface area contributed by atoms with Gasteiger partial charge in [-0.05, 0) is 12.0 Å². The van der Waals surface area contributed by atoms with Gasteiger partial charge in [0.2, 0.25) is 0 Å². The third-order valence-corrected chi connectivity index (χ3v) is 5.00. The Kier molecular flexibility index (Phi) is 3.24. The summed E-state index contributed by atoms with van der Waals surface area (Å²) in [6, 6.07) is 20.8. The number of hydrogen-bond acceptors (Lipinski definition) is 3. The average molecular weight is 293 g/mol. The molecule has 0 saturated carbocycles. The molecule has 1 aromatic heterocycles. The van der Waals surface area contributed by atoms with Crippen LogP contribution in [0.15, 0.2) is 65.8 Å². The molecular weight excluding hydrogens is 278 g/mol. The molecule has 4 rings (SSSR count). The number of aryl methyl sites for hydroxylation is 1. The van der Waals surface area contributed by atoms with Crippen LogP contribution < -0.4 is 0 Å². The van der Waals surface area contributed by atoms with Crippen LogP contribution in [0.5, 0.6) is 0 Å². The van der Waals surface area contributed by atoms with E-state index >= 15 is 0 Å². The Morgan fingerprint density at radius 3 is 2.43 bits per heavy atom. The first-order valence-electron chi connectivity index (χ1n) is 7.12. The van der Waals surface area contributed by atoms with Crippen LogP contribution in [0.3, 0.4) is 0 Å². The van der Waals surface area contributed by atoms with Crippen molar-refractivity contribution in [2.24, 2.45) is 0 Å². The van der Waals surface area contributed by atoms with Crippen LogP contribution in [0.1, 0.15) is 17.2 Å². The Morgan fingerprint density at radius 2 is 1.67 bits per heavy atom. The Labute approximate surface area is 128 Å². The number of rotatable bonds is 2. The highest BCUT2D eigenvalue weighted by molar-refractivity contribution is 7.99. The maximum atomic E-state index is 4.71. The van der Waals surface area contributed by atoms with Crippen LogP contribution in [-0.4, -0.2) is 14.8 Å². The summed E-state index contributed by atoms with van der Waals surface area (Å²) >= 11 is 1.81. The van der Waals surface area contributed by atoms with Crippen molar-refractivity contribution in [3.63, 3.8) is 0 Å². The van der Waals surface area contributed by atoms with E-state index in [1.54, 1.807) is 0 Å². The molecule has 0 N–H and O–H groups in total. The summed E-state index contributed by atoms with van der Waals surface area (Å²) in [5.74, 6) is 0.826. The lowest BCUT2D eigenvalue weighted by molar-refractivity contribution is 0.510. The number of hydrogen-bond donors (Lipinski definition) is 0. The van der Waals surface area contributed by atoms with Crippen molar-refractivity contribution in [1.29, 1.82) is 0 Å². The SMILES string of the molecule is c1ccc(-c2nc3n(n2)CC[C@H](c2ccccc2)S3)cc1. The molecule has 1 atom stereocenters. The predicted octanol–water partition coefficient (Wildman–Crippen LogP) is 4.18. The van der Waals surface area contributed by atoms with Crippen LogP contribution in [0, 0.1) is 0 Å². The minimum Gasteiger partial charge on any atom is -0.240 e. The van der Waals surface area contributed by atoms with Gasteiger partial charge < -0.3 is 0 Å². The fourth-order valence-electron chi connectivity index (χ4n) is 2.60. The van der Waals surface area contributed by atoms with Crippen molar-refractivity contribution >= 4 is 11.8 Å². The predicted molar refractivity (Wildman–Crippen MR) is 85.1 cm³/mol. The summed E-state index contributed by atoms with van der Waals surface area (Å²) in [5.41, 5.74) is 2.45. The minimum absolute atomic E-state index is 0.478. The standard InChI is InChI=1S/C17H15N3S/c1-3-7-13(8-4-1)15-11-12-20-17(21-15)18-16(19-20)14-9-5-2-6-10-14/h1-10,15H,11-12H2/t15-/m1/s1. The van der Waals surface area contributed by atoms with E-state index in [1.165, 1.54) is 5.56 Å². The van der Waals surface area contributed by atoms with E-state index in [9.17, 15) is 0 Å². The van der Waals surface area contributed by atoms with Crippen molar-refractivity contribution in [3.05, 3.63) is 66.2 Å². The first-order valence-corrected chi connectivity index (χ1v) is 8.00. The molecule has 2 aromatic carbocycles. The van der Waals surface area contributed by atoms with E-state index < -0.39 is 0 Å². The van der Waals surface area contributed by atoms with Gasteiger partial charge in [-0.1, -0.05) is 72.4 Å². The molecule has 0 spiro atoms. The minimum atomic E-state index is 0.478. The molecule has 104 valence electrons. The number of thioether (sulfide) groups is 1. The lowest BCUT2D eigenvalue weighted by Gasteiger charge is -2.21. The van der Waals surface area contributed by atoms with E-state index in [2.05, 4.69) is 47.6 Å². The zero-order valence-electron chi connectivity index (χ0n) is 11.5. The second-order valence-corrected chi connectivity index (χ2v) is 6.28. The molecule has 1 aliphatic heterocycles. The van der Waals surface area contributed by atoms with Crippen molar-refractivity contribution in [1.82, 2.24) is 14.8 Å². The fraction of sp³-hybridized carbons (Fsp3) is 0.176. The topological polar surface area (TPSA) is 30.7 Å². The molecular formula is C17H15N3S. The van der Waals surface area contributed by atoms with Gasteiger partial charge >= 0.3 is 0 Å². The van der Waals surface area contributed by atoms with E-state index in [1.807, 2.05) is 34.6 Å². The zero-order chi connectivity index (χ0) is 14.1. The van der Waals surface area contributed by atoms with Gasteiger partial charge in [-0.3, -0.25) is 0 Å².